The van der Waals surface area contributed by atoms with Gasteiger partial charge in [0.05, 0.1) is 0 Å². The summed E-state index contributed by atoms with van der Waals surface area (Å²) in [5.74, 6) is 1.89. The van der Waals surface area contributed by atoms with E-state index in [4.69, 9.17) is 15.0 Å². The van der Waals surface area contributed by atoms with Crippen LogP contribution < -0.4 is 0 Å². The van der Waals surface area contributed by atoms with Crippen molar-refractivity contribution >= 4 is 32.3 Å². The fourth-order valence-electron chi connectivity index (χ4n) is 9.96. The van der Waals surface area contributed by atoms with Gasteiger partial charge >= 0.3 is 0 Å². The van der Waals surface area contributed by atoms with Crippen LogP contribution in [0.5, 0.6) is 0 Å². The Morgan fingerprint density at radius 2 is 0.873 bits per heavy atom. The summed E-state index contributed by atoms with van der Waals surface area (Å²) in [6, 6.07) is 76.2. The first-order valence-electron chi connectivity index (χ1n) is 21.7. The molecule has 0 saturated carbocycles. The van der Waals surface area contributed by atoms with Crippen LogP contribution in [0.1, 0.15) is 25.0 Å². The summed E-state index contributed by atoms with van der Waals surface area (Å²) in [7, 11) is 0. The van der Waals surface area contributed by atoms with Gasteiger partial charge in [-0.1, -0.05) is 208 Å². The average Bonchev–Trinajstić information content (AvgIpc) is 3.58. The maximum Gasteiger partial charge on any atom is 0.164 e. The summed E-state index contributed by atoms with van der Waals surface area (Å²) in [5.41, 5.74) is 14.9. The highest BCUT2D eigenvalue weighted by molar-refractivity contribution is 6.20. The smallest absolute Gasteiger partial charge is 0.164 e. The zero-order valence-electron chi connectivity index (χ0n) is 35.0. The molecular weight excluding hydrogens is 763 g/mol. The molecule has 0 saturated heterocycles. The molecule has 0 radical (unpaired) electrons. The molecule has 0 amide bonds. The van der Waals surface area contributed by atoms with Gasteiger partial charge in [-0.05, 0) is 106 Å². The van der Waals surface area contributed by atoms with Crippen molar-refractivity contribution in [3.63, 3.8) is 0 Å². The lowest BCUT2D eigenvalue weighted by atomic mass is 9.82. The first-order valence-corrected chi connectivity index (χ1v) is 21.7. The standard InChI is InChI=1S/C60H41N3/c1-60(2)54-26-13-12-24-49(54)53-37-44(32-34-55(53)60)47-22-10-11-25-51(47)59-62-57(61-58(63-59)45-20-14-19-42(35-45)38-15-4-3-5-16-38)41-29-27-40(28-30-41)56-48-23-9-7-18-43(48)36-52-46-21-8-6-17-39(46)31-33-50(52)56/h3-37H,1-2H3. The van der Waals surface area contributed by atoms with Gasteiger partial charge in [0.2, 0.25) is 0 Å². The number of benzene rings is 10. The Morgan fingerprint density at radius 1 is 0.286 bits per heavy atom. The molecule has 0 fully saturated rings. The number of rotatable bonds is 6. The minimum Gasteiger partial charge on any atom is -0.208 e. The second-order valence-corrected chi connectivity index (χ2v) is 17.2. The van der Waals surface area contributed by atoms with E-state index in [1.165, 1.54) is 60.1 Å². The van der Waals surface area contributed by atoms with E-state index in [-0.39, 0.29) is 5.41 Å². The van der Waals surface area contributed by atoms with E-state index in [0.29, 0.717) is 17.5 Å². The molecule has 0 N–H and O–H groups in total. The van der Waals surface area contributed by atoms with Crippen molar-refractivity contribution in [1.82, 2.24) is 15.0 Å². The highest BCUT2D eigenvalue weighted by Gasteiger charge is 2.35. The lowest BCUT2D eigenvalue weighted by molar-refractivity contribution is 0.660. The Labute approximate surface area is 367 Å². The first kappa shape index (κ1) is 36.8. The third-order valence-electron chi connectivity index (χ3n) is 13.1. The van der Waals surface area contributed by atoms with Gasteiger partial charge in [-0.25, -0.2) is 15.0 Å². The van der Waals surface area contributed by atoms with Crippen LogP contribution >= 0.6 is 0 Å². The van der Waals surface area contributed by atoms with Crippen LogP contribution in [0, 0.1) is 0 Å². The van der Waals surface area contributed by atoms with Crippen LogP contribution in [0.4, 0.5) is 0 Å². The van der Waals surface area contributed by atoms with E-state index in [1.54, 1.807) is 0 Å². The zero-order valence-corrected chi connectivity index (χ0v) is 35.0. The molecule has 296 valence electrons. The van der Waals surface area contributed by atoms with Crippen LogP contribution in [0.25, 0.3) is 111 Å². The number of hydrogen-bond donors (Lipinski definition) is 0. The second kappa shape index (κ2) is 14.6. The molecule has 1 aliphatic carbocycles. The Bertz CT molecular complexity index is 3590. The maximum absolute atomic E-state index is 5.31. The number of hydrogen-bond acceptors (Lipinski definition) is 3. The predicted molar refractivity (Wildman–Crippen MR) is 263 cm³/mol. The molecule has 0 unspecified atom stereocenters. The van der Waals surface area contributed by atoms with Gasteiger partial charge in [-0.15, -0.1) is 0 Å². The molecule has 0 bridgehead atoms. The third kappa shape index (κ3) is 6.15. The van der Waals surface area contributed by atoms with Crippen molar-refractivity contribution in [3.05, 3.63) is 223 Å². The molecule has 1 heterocycles. The van der Waals surface area contributed by atoms with Crippen LogP contribution in [0.2, 0.25) is 0 Å². The van der Waals surface area contributed by atoms with Gasteiger partial charge in [-0.3, -0.25) is 0 Å². The fraction of sp³-hybridized carbons (Fsp3) is 0.0500. The van der Waals surface area contributed by atoms with Crippen LogP contribution in [0.3, 0.4) is 0 Å². The quantitative estimate of drug-likeness (QED) is 0.124. The first-order chi connectivity index (χ1) is 31.0. The maximum atomic E-state index is 5.31. The van der Waals surface area contributed by atoms with Crippen molar-refractivity contribution in [3.8, 4) is 78.7 Å². The molecule has 3 heteroatoms. The zero-order chi connectivity index (χ0) is 42.1. The fourth-order valence-corrected chi connectivity index (χ4v) is 9.96. The van der Waals surface area contributed by atoms with E-state index >= 15 is 0 Å². The predicted octanol–water partition coefficient (Wildman–Crippen LogP) is 15.6. The molecule has 12 rings (SSSR count). The summed E-state index contributed by atoms with van der Waals surface area (Å²) in [4.78, 5) is 15.8. The molecular formula is C60H41N3. The van der Waals surface area contributed by atoms with E-state index < -0.39 is 0 Å². The van der Waals surface area contributed by atoms with E-state index in [9.17, 15) is 0 Å². The largest absolute Gasteiger partial charge is 0.208 e. The van der Waals surface area contributed by atoms with Gasteiger partial charge in [0.15, 0.2) is 17.5 Å². The normalized spacial score (nSPS) is 12.7. The minimum absolute atomic E-state index is 0.0685. The van der Waals surface area contributed by atoms with Gasteiger partial charge in [0.25, 0.3) is 0 Å². The Hall–Kier alpha value is -8.01. The molecule has 10 aromatic carbocycles. The molecule has 63 heavy (non-hydrogen) atoms. The molecule has 11 aromatic rings. The van der Waals surface area contributed by atoms with Gasteiger partial charge in [0, 0.05) is 22.1 Å². The highest BCUT2D eigenvalue weighted by atomic mass is 15.0. The van der Waals surface area contributed by atoms with Crippen LogP contribution in [-0.4, -0.2) is 15.0 Å². The van der Waals surface area contributed by atoms with Crippen LogP contribution in [-0.2, 0) is 5.41 Å². The van der Waals surface area contributed by atoms with E-state index in [2.05, 4.69) is 220 Å². The highest BCUT2D eigenvalue weighted by Crippen LogP contribution is 2.50. The topological polar surface area (TPSA) is 38.7 Å². The Kier molecular flexibility index (Phi) is 8.52. The van der Waals surface area contributed by atoms with Gasteiger partial charge < -0.3 is 0 Å². The lowest BCUT2D eigenvalue weighted by Crippen LogP contribution is -2.14. The van der Waals surface area contributed by atoms with Crippen molar-refractivity contribution in [1.29, 1.82) is 0 Å². The summed E-state index contributed by atoms with van der Waals surface area (Å²) >= 11 is 0. The van der Waals surface area contributed by atoms with Crippen molar-refractivity contribution in [2.75, 3.05) is 0 Å². The van der Waals surface area contributed by atoms with E-state index in [0.717, 1.165) is 44.5 Å². The second-order valence-electron chi connectivity index (χ2n) is 17.2. The van der Waals surface area contributed by atoms with Crippen molar-refractivity contribution in [2.24, 2.45) is 0 Å². The van der Waals surface area contributed by atoms with Crippen molar-refractivity contribution < 1.29 is 0 Å². The SMILES string of the molecule is CC1(C)c2ccccc2-c2cc(-c3ccccc3-c3nc(-c4ccc(-c5c6ccccc6cc6c5ccc5ccccc56)cc4)nc(-c4cccc(-c5ccccc5)c4)n3)ccc21. The van der Waals surface area contributed by atoms with Crippen LogP contribution in [0.15, 0.2) is 212 Å². The molecule has 0 spiro atoms. The molecule has 3 nitrogen and oxygen atoms in total. The Morgan fingerprint density at radius 3 is 1.70 bits per heavy atom. The summed E-state index contributed by atoms with van der Waals surface area (Å²) in [5, 5.41) is 7.44. The summed E-state index contributed by atoms with van der Waals surface area (Å²) in [6.45, 7) is 4.65. The average molecular weight is 804 g/mol. The Balaban J connectivity index is 1.02. The van der Waals surface area contributed by atoms with Gasteiger partial charge in [0.1, 0.15) is 0 Å². The van der Waals surface area contributed by atoms with Crippen molar-refractivity contribution in [2.45, 2.75) is 19.3 Å². The molecule has 0 aliphatic heterocycles. The third-order valence-corrected chi connectivity index (χ3v) is 13.1. The summed E-state index contributed by atoms with van der Waals surface area (Å²) in [6.07, 6.45) is 0. The summed E-state index contributed by atoms with van der Waals surface area (Å²) < 4.78 is 0. The lowest BCUT2D eigenvalue weighted by Gasteiger charge is -2.21. The molecule has 1 aliphatic rings. The molecule has 0 atom stereocenters. The number of nitrogens with zero attached hydrogens (tertiary/aromatic N) is 3. The molecule has 1 aromatic heterocycles. The number of aromatic nitrogens is 3. The minimum atomic E-state index is -0.0685. The van der Waals surface area contributed by atoms with E-state index in [1.807, 2.05) is 6.07 Å². The van der Waals surface area contributed by atoms with Gasteiger partial charge in [-0.2, -0.15) is 0 Å². The number of fused-ring (bicyclic) bond motifs is 7. The monoisotopic (exact) mass is 803 g/mol.